The van der Waals surface area contributed by atoms with Crippen LogP contribution in [0.15, 0.2) is 42.6 Å². The van der Waals surface area contributed by atoms with Crippen molar-refractivity contribution in [2.45, 2.75) is 13.8 Å². The molecular formula is C15H18N2OS. The molecule has 1 aromatic carbocycles. The van der Waals surface area contributed by atoms with E-state index in [9.17, 15) is 4.79 Å². The van der Waals surface area contributed by atoms with Gasteiger partial charge in [-0.15, -0.1) is 0 Å². The highest BCUT2D eigenvalue weighted by Crippen LogP contribution is 2.18. The van der Waals surface area contributed by atoms with Gasteiger partial charge in [-0.3, -0.25) is 4.79 Å². The molecule has 0 fully saturated rings. The second-order valence-electron chi connectivity index (χ2n) is 3.39. The fraction of sp³-hybridized carbons (Fsp3) is 0.200. The third kappa shape index (κ3) is 4.67. The summed E-state index contributed by atoms with van der Waals surface area (Å²) in [6.45, 7) is 4.00. The molecule has 0 aliphatic heterocycles. The van der Waals surface area contributed by atoms with Crippen molar-refractivity contribution >= 4 is 28.3 Å². The summed E-state index contributed by atoms with van der Waals surface area (Å²) in [5.74, 6) is -0.0205. The molecule has 2 rings (SSSR count). The SMILES string of the molecule is CC.CNc1ncc(C(=O)/C=C/c2ccccc2)s1. The third-order valence-electron chi connectivity index (χ3n) is 2.19. The second-order valence-corrected chi connectivity index (χ2v) is 4.42. The van der Waals surface area contributed by atoms with Crippen LogP contribution in [0.2, 0.25) is 0 Å². The topological polar surface area (TPSA) is 42.0 Å². The summed E-state index contributed by atoms with van der Waals surface area (Å²) < 4.78 is 0. The van der Waals surface area contributed by atoms with E-state index in [0.717, 1.165) is 10.7 Å². The molecule has 100 valence electrons. The van der Waals surface area contributed by atoms with E-state index in [1.165, 1.54) is 11.3 Å². The number of nitrogens with one attached hydrogen (secondary N) is 1. The number of ketones is 1. The molecule has 4 heteroatoms. The van der Waals surface area contributed by atoms with Gasteiger partial charge in [0.2, 0.25) is 0 Å². The molecule has 0 unspecified atom stereocenters. The summed E-state index contributed by atoms with van der Waals surface area (Å²) in [5, 5.41) is 3.66. The van der Waals surface area contributed by atoms with Crippen molar-refractivity contribution in [3.05, 3.63) is 53.0 Å². The molecule has 0 spiro atoms. The molecule has 1 heterocycles. The van der Waals surface area contributed by atoms with Gasteiger partial charge in [-0.2, -0.15) is 0 Å². The molecule has 0 aliphatic rings. The number of anilines is 1. The van der Waals surface area contributed by atoms with Crippen LogP contribution in [0.1, 0.15) is 29.1 Å². The summed E-state index contributed by atoms with van der Waals surface area (Å²) in [5.41, 5.74) is 1.01. The van der Waals surface area contributed by atoms with Crippen LogP contribution in [0.3, 0.4) is 0 Å². The van der Waals surface area contributed by atoms with E-state index in [1.807, 2.05) is 44.2 Å². The van der Waals surface area contributed by atoms with Crippen molar-refractivity contribution in [2.75, 3.05) is 12.4 Å². The lowest BCUT2D eigenvalue weighted by Crippen LogP contribution is -1.88. The Morgan fingerprint density at radius 3 is 2.53 bits per heavy atom. The number of hydrogen-bond acceptors (Lipinski definition) is 4. The standard InChI is InChI=1S/C13H12N2OS.C2H6/c1-14-13-15-9-12(17-13)11(16)8-7-10-5-3-2-4-6-10;1-2/h2-9H,1H3,(H,14,15);1-2H3/b8-7+;. The predicted octanol–water partition coefficient (Wildman–Crippen LogP) is 4.11. The summed E-state index contributed by atoms with van der Waals surface area (Å²) in [6, 6.07) is 9.73. The van der Waals surface area contributed by atoms with Crippen LogP contribution < -0.4 is 5.32 Å². The highest BCUT2D eigenvalue weighted by molar-refractivity contribution is 7.17. The van der Waals surface area contributed by atoms with Gasteiger partial charge >= 0.3 is 0 Å². The summed E-state index contributed by atoms with van der Waals surface area (Å²) in [7, 11) is 1.78. The number of carbonyl (C=O) groups excluding carboxylic acids is 1. The van der Waals surface area contributed by atoms with E-state index >= 15 is 0 Å². The van der Waals surface area contributed by atoms with Crippen LogP contribution in [-0.2, 0) is 0 Å². The fourth-order valence-corrected chi connectivity index (χ4v) is 2.01. The number of allylic oxidation sites excluding steroid dienone is 1. The van der Waals surface area contributed by atoms with Crippen LogP contribution in [-0.4, -0.2) is 17.8 Å². The van der Waals surface area contributed by atoms with Crippen LogP contribution >= 0.6 is 11.3 Å². The Bertz CT molecular complexity index is 532. The third-order valence-corrected chi connectivity index (χ3v) is 3.22. The minimum atomic E-state index is -0.0205. The Labute approximate surface area is 118 Å². The Balaban J connectivity index is 0.000000861. The molecule has 19 heavy (non-hydrogen) atoms. The Morgan fingerprint density at radius 1 is 1.26 bits per heavy atom. The molecular weight excluding hydrogens is 256 g/mol. The van der Waals surface area contributed by atoms with Crippen molar-refractivity contribution in [1.29, 1.82) is 0 Å². The van der Waals surface area contributed by atoms with Crippen molar-refractivity contribution in [2.24, 2.45) is 0 Å². The average Bonchev–Trinajstić information content (AvgIpc) is 2.97. The van der Waals surface area contributed by atoms with Gasteiger partial charge in [0, 0.05) is 7.05 Å². The van der Waals surface area contributed by atoms with Crippen molar-refractivity contribution in [1.82, 2.24) is 4.98 Å². The molecule has 0 amide bonds. The smallest absolute Gasteiger partial charge is 0.197 e. The number of benzene rings is 1. The molecule has 0 saturated carbocycles. The molecule has 2 aromatic rings. The number of nitrogens with zero attached hydrogens (tertiary/aromatic N) is 1. The van der Waals surface area contributed by atoms with Crippen molar-refractivity contribution in [3.63, 3.8) is 0 Å². The zero-order chi connectivity index (χ0) is 14.1. The largest absolute Gasteiger partial charge is 0.365 e. The maximum absolute atomic E-state index is 11.8. The van der Waals surface area contributed by atoms with Crippen LogP contribution in [0, 0.1) is 0 Å². The summed E-state index contributed by atoms with van der Waals surface area (Å²) in [4.78, 5) is 16.5. The lowest BCUT2D eigenvalue weighted by Gasteiger charge is -1.91. The van der Waals surface area contributed by atoms with Crippen molar-refractivity contribution < 1.29 is 4.79 Å². The molecule has 3 nitrogen and oxygen atoms in total. The van der Waals surface area contributed by atoms with Gasteiger partial charge < -0.3 is 5.32 Å². The van der Waals surface area contributed by atoms with Crippen LogP contribution in [0.25, 0.3) is 6.08 Å². The second kappa shape index (κ2) is 8.21. The molecule has 1 aromatic heterocycles. The van der Waals surface area contributed by atoms with E-state index in [2.05, 4.69) is 10.3 Å². The summed E-state index contributed by atoms with van der Waals surface area (Å²) >= 11 is 1.35. The molecule has 0 aliphatic carbocycles. The van der Waals surface area contributed by atoms with E-state index < -0.39 is 0 Å². The monoisotopic (exact) mass is 274 g/mol. The maximum atomic E-state index is 11.8. The van der Waals surface area contributed by atoms with Gasteiger partial charge in [-0.05, 0) is 11.6 Å². The van der Waals surface area contributed by atoms with Gasteiger partial charge in [0.25, 0.3) is 0 Å². The number of thiazole rings is 1. The molecule has 0 radical (unpaired) electrons. The van der Waals surface area contributed by atoms with Crippen LogP contribution in [0.5, 0.6) is 0 Å². The molecule has 0 bridgehead atoms. The van der Waals surface area contributed by atoms with E-state index in [0.29, 0.717) is 4.88 Å². The highest BCUT2D eigenvalue weighted by Gasteiger charge is 2.06. The lowest BCUT2D eigenvalue weighted by atomic mass is 10.2. The van der Waals surface area contributed by atoms with Gasteiger partial charge in [0.15, 0.2) is 10.9 Å². The first-order valence-electron chi connectivity index (χ1n) is 6.20. The average molecular weight is 274 g/mol. The fourth-order valence-electron chi connectivity index (χ4n) is 1.32. The first-order valence-corrected chi connectivity index (χ1v) is 7.02. The number of rotatable bonds is 4. The highest BCUT2D eigenvalue weighted by atomic mass is 32.1. The van der Waals surface area contributed by atoms with E-state index in [1.54, 1.807) is 25.4 Å². The zero-order valence-corrected chi connectivity index (χ0v) is 12.2. The molecule has 1 N–H and O–H groups in total. The first kappa shape index (κ1) is 15.1. The maximum Gasteiger partial charge on any atom is 0.197 e. The van der Waals surface area contributed by atoms with Crippen molar-refractivity contribution in [3.8, 4) is 0 Å². The normalized spacial score (nSPS) is 9.84. The number of aromatic nitrogens is 1. The van der Waals surface area contributed by atoms with Gasteiger partial charge in [-0.1, -0.05) is 61.6 Å². The quantitative estimate of drug-likeness (QED) is 0.674. The summed E-state index contributed by atoms with van der Waals surface area (Å²) in [6.07, 6.45) is 4.97. The first-order chi connectivity index (χ1) is 9.29. The predicted molar refractivity (Wildman–Crippen MR) is 82.8 cm³/mol. The van der Waals surface area contributed by atoms with Gasteiger partial charge in [0.05, 0.1) is 11.1 Å². The minimum Gasteiger partial charge on any atom is -0.365 e. The lowest BCUT2D eigenvalue weighted by molar-refractivity contribution is 0.105. The van der Waals surface area contributed by atoms with Gasteiger partial charge in [-0.25, -0.2) is 4.98 Å². The zero-order valence-electron chi connectivity index (χ0n) is 11.4. The van der Waals surface area contributed by atoms with E-state index in [-0.39, 0.29) is 5.78 Å². The number of hydrogen-bond donors (Lipinski definition) is 1. The Morgan fingerprint density at radius 2 is 1.95 bits per heavy atom. The Kier molecular flexibility index (Phi) is 6.53. The number of carbonyl (C=O) groups is 1. The molecule has 0 saturated heterocycles. The molecule has 0 atom stereocenters. The van der Waals surface area contributed by atoms with Gasteiger partial charge in [0.1, 0.15) is 0 Å². The van der Waals surface area contributed by atoms with Crippen LogP contribution in [0.4, 0.5) is 5.13 Å². The Hall–Kier alpha value is -1.94. The van der Waals surface area contributed by atoms with E-state index in [4.69, 9.17) is 0 Å². The minimum absolute atomic E-state index is 0.0205.